The van der Waals surface area contributed by atoms with Crippen LogP contribution in [0.1, 0.15) is 65.2 Å². The van der Waals surface area contributed by atoms with Gasteiger partial charge in [-0.1, -0.05) is 45.4 Å². The summed E-state index contributed by atoms with van der Waals surface area (Å²) in [4.78, 5) is 23.0. The van der Waals surface area contributed by atoms with E-state index in [1.54, 1.807) is 6.92 Å². The molecule has 19 heavy (non-hydrogen) atoms. The summed E-state index contributed by atoms with van der Waals surface area (Å²) in [6.45, 7) is 4.32. The molecular formula is C15H28O4. The minimum atomic E-state index is -0.349. The quantitative estimate of drug-likeness (QED) is 0.427. The Morgan fingerprint density at radius 3 is 2.21 bits per heavy atom. The zero-order valence-electron chi connectivity index (χ0n) is 12.6. The predicted molar refractivity (Wildman–Crippen MR) is 74.7 cm³/mol. The molecule has 0 saturated heterocycles. The van der Waals surface area contributed by atoms with Gasteiger partial charge in [0.1, 0.15) is 0 Å². The molecule has 0 aliphatic rings. The monoisotopic (exact) mass is 272 g/mol. The number of carbonyl (C=O) groups is 2. The van der Waals surface area contributed by atoms with E-state index in [0.29, 0.717) is 13.0 Å². The van der Waals surface area contributed by atoms with E-state index >= 15 is 0 Å². The maximum Gasteiger partial charge on any atom is 0.309 e. The van der Waals surface area contributed by atoms with E-state index in [2.05, 4.69) is 11.7 Å². The first-order valence-electron chi connectivity index (χ1n) is 7.39. The number of hydrogen-bond acceptors (Lipinski definition) is 4. The van der Waals surface area contributed by atoms with Gasteiger partial charge in [0.05, 0.1) is 26.1 Å². The maximum absolute atomic E-state index is 11.7. The van der Waals surface area contributed by atoms with Crippen molar-refractivity contribution < 1.29 is 19.1 Å². The van der Waals surface area contributed by atoms with Gasteiger partial charge in [0, 0.05) is 0 Å². The fourth-order valence-electron chi connectivity index (χ4n) is 2.02. The summed E-state index contributed by atoms with van der Waals surface area (Å²) < 4.78 is 9.62. The van der Waals surface area contributed by atoms with Crippen LogP contribution >= 0.6 is 0 Å². The average molecular weight is 272 g/mol. The van der Waals surface area contributed by atoms with E-state index in [0.717, 1.165) is 12.8 Å². The molecule has 112 valence electrons. The third-order valence-electron chi connectivity index (χ3n) is 3.17. The van der Waals surface area contributed by atoms with Crippen LogP contribution in [-0.4, -0.2) is 25.7 Å². The molecule has 0 amide bonds. The fraction of sp³-hybridized carbons (Fsp3) is 0.867. The summed E-state index contributed by atoms with van der Waals surface area (Å²) in [7, 11) is 1.34. The van der Waals surface area contributed by atoms with Crippen LogP contribution in [0.3, 0.4) is 0 Å². The smallest absolute Gasteiger partial charge is 0.309 e. The zero-order valence-corrected chi connectivity index (χ0v) is 12.6. The van der Waals surface area contributed by atoms with Crippen LogP contribution in [0.2, 0.25) is 0 Å². The molecule has 0 rings (SSSR count). The Balaban J connectivity index is 3.97. The van der Waals surface area contributed by atoms with Gasteiger partial charge in [-0.05, 0) is 13.3 Å². The van der Waals surface area contributed by atoms with Crippen LogP contribution in [0.5, 0.6) is 0 Å². The van der Waals surface area contributed by atoms with Gasteiger partial charge in [-0.2, -0.15) is 0 Å². The van der Waals surface area contributed by atoms with Gasteiger partial charge < -0.3 is 9.47 Å². The van der Waals surface area contributed by atoms with Crippen molar-refractivity contribution in [2.24, 2.45) is 5.92 Å². The summed E-state index contributed by atoms with van der Waals surface area (Å²) in [6, 6.07) is 0. The molecule has 1 atom stereocenters. The van der Waals surface area contributed by atoms with Crippen molar-refractivity contribution in [3.8, 4) is 0 Å². The van der Waals surface area contributed by atoms with Crippen LogP contribution in [0.4, 0.5) is 0 Å². The molecule has 0 fully saturated rings. The minimum absolute atomic E-state index is 0.129. The highest BCUT2D eigenvalue weighted by Gasteiger charge is 2.23. The number of methoxy groups -OCH3 is 1. The Bertz CT molecular complexity index is 251. The lowest BCUT2D eigenvalue weighted by Crippen LogP contribution is -2.21. The fourth-order valence-corrected chi connectivity index (χ4v) is 2.02. The van der Waals surface area contributed by atoms with E-state index in [-0.39, 0.29) is 24.3 Å². The molecule has 0 aliphatic carbocycles. The average Bonchev–Trinajstić information content (AvgIpc) is 2.41. The lowest BCUT2D eigenvalue weighted by atomic mass is 9.97. The molecule has 0 heterocycles. The number of carbonyl (C=O) groups excluding carboxylic acids is 2. The summed E-state index contributed by atoms with van der Waals surface area (Å²) in [5.41, 5.74) is 0. The van der Waals surface area contributed by atoms with Gasteiger partial charge in [-0.15, -0.1) is 0 Å². The Morgan fingerprint density at radius 1 is 1.00 bits per heavy atom. The Kier molecular flexibility index (Phi) is 11.3. The number of ether oxygens (including phenoxy) is 2. The Labute approximate surface area is 116 Å². The van der Waals surface area contributed by atoms with Crippen LogP contribution < -0.4 is 0 Å². The van der Waals surface area contributed by atoms with Crippen molar-refractivity contribution in [1.82, 2.24) is 0 Å². The molecule has 4 heteroatoms. The molecule has 0 saturated carbocycles. The van der Waals surface area contributed by atoms with E-state index < -0.39 is 0 Å². The molecule has 0 radical (unpaired) electrons. The first-order chi connectivity index (χ1) is 9.15. The SMILES string of the molecule is CCCCCCCCC(CC(=O)OC)C(=O)OCC. The molecule has 0 aromatic carbocycles. The highest BCUT2D eigenvalue weighted by atomic mass is 16.5. The number of hydrogen-bond donors (Lipinski definition) is 0. The van der Waals surface area contributed by atoms with Crippen LogP contribution in [-0.2, 0) is 19.1 Å². The molecule has 0 N–H and O–H groups in total. The Morgan fingerprint density at radius 2 is 1.63 bits per heavy atom. The molecule has 0 aliphatic heterocycles. The molecule has 1 unspecified atom stereocenters. The van der Waals surface area contributed by atoms with E-state index in [4.69, 9.17) is 4.74 Å². The number of esters is 2. The van der Waals surface area contributed by atoms with E-state index in [1.807, 2.05) is 0 Å². The first kappa shape index (κ1) is 17.9. The summed E-state index contributed by atoms with van der Waals surface area (Å²) in [5, 5.41) is 0. The van der Waals surface area contributed by atoms with Crippen LogP contribution in [0.15, 0.2) is 0 Å². The van der Waals surface area contributed by atoms with E-state index in [9.17, 15) is 9.59 Å². The van der Waals surface area contributed by atoms with Gasteiger partial charge >= 0.3 is 11.9 Å². The second kappa shape index (κ2) is 12.0. The van der Waals surface area contributed by atoms with Gasteiger partial charge in [0.2, 0.25) is 0 Å². The second-order valence-corrected chi connectivity index (χ2v) is 4.79. The molecule has 0 spiro atoms. The summed E-state index contributed by atoms with van der Waals surface area (Å²) in [6.07, 6.45) is 7.85. The largest absolute Gasteiger partial charge is 0.469 e. The van der Waals surface area contributed by atoms with Gasteiger partial charge in [0.15, 0.2) is 0 Å². The molecule has 4 nitrogen and oxygen atoms in total. The third-order valence-corrected chi connectivity index (χ3v) is 3.17. The van der Waals surface area contributed by atoms with E-state index in [1.165, 1.54) is 32.8 Å². The van der Waals surface area contributed by atoms with Gasteiger partial charge in [0.25, 0.3) is 0 Å². The van der Waals surface area contributed by atoms with Crippen molar-refractivity contribution in [1.29, 1.82) is 0 Å². The first-order valence-corrected chi connectivity index (χ1v) is 7.39. The number of unbranched alkanes of at least 4 members (excludes halogenated alkanes) is 5. The molecular weight excluding hydrogens is 244 g/mol. The van der Waals surface area contributed by atoms with Gasteiger partial charge in [-0.3, -0.25) is 9.59 Å². The lowest BCUT2D eigenvalue weighted by molar-refractivity contribution is -0.154. The van der Waals surface area contributed by atoms with Crippen molar-refractivity contribution in [2.45, 2.75) is 65.2 Å². The van der Waals surface area contributed by atoms with Crippen molar-refractivity contribution in [3.63, 3.8) is 0 Å². The molecule has 0 bridgehead atoms. The third kappa shape index (κ3) is 9.51. The molecule has 0 aromatic rings. The van der Waals surface area contributed by atoms with Crippen molar-refractivity contribution in [2.75, 3.05) is 13.7 Å². The minimum Gasteiger partial charge on any atom is -0.469 e. The maximum atomic E-state index is 11.7. The summed E-state index contributed by atoms with van der Waals surface area (Å²) in [5.74, 6) is -0.968. The Hall–Kier alpha value is -1.06. The van der Waals surface area contributed by atoms with Crippen LogP contribution in [0, 0.1) is 5.92 Å². The highest BCUT2D eigenvalue weighted by molar-refractivity contribution is 5.79. The van der Waals surface area contributed by atoms with Crippen LogP contribution in [0.25, 0.3) is 0 Å². The van der Waals surface area contributed by atoms with Crippen molar-refractivity contribution >= 4 is 11.9 Å². The highest BCUT2D eigenvalue weighted by Crippen LogP contribution is 2.17. The zero-order chi connectivity index (χ0) is 14.5. The summed E-state index contributed by atoms with van der Waals surface area (Å²) >= 11 is 0. The topological polar surface area (TPSA) is 52.6 Å². The van der Waals surface area contributed by atoms with Crippen molar-refractivity contribution in [3.05, 3.63) is 0 Å². The normalized spacial score (nSPS) is 11.9. The second-order valence-electron chi connectivity index (χ2n) is 4.79. The molecule has 0 aromatic heterocycles. The lowest BCUT2D eigenvalue weighted by Gasteiger charge is -2.14. The van der Waals surface area contributed by atoms with Gasteiger partial charge in [-0.25, -0.2) is 0 Å². The number of rotatable bonds is 11. The predicted octanol–water partition coefficient (Wildman–Crippen LogP) is 3.48. The standard InChI is InChI=1S/C15H28O4/c1-4-6-7-8-9-10-11-13(12-14(16)18-3)15(17)19-5-2/h13H,4-12H2,1-3H3.